The van der Waals surface area contributed by atoms with Gasteiger partial charge in [-0.1, -0.05) is 83.5 Å². The second kappa shape index (κ2) is 10.2. The predicted molar refractivity (Wildman–Crippen MR) is 142 cm³/mol. The first-order chi connectivity index (χ1) is 17.0. The number of carbonyl (C=O) groups excluding carboxylic acids is 1. The van der Waals surface area contributed by atoms with Gasteiger partial charge in [-0.05, 0) is 48.4 Å². The Kier molecular flexibility index (Phi) is 6.81. The van der Waals surface area contributed by atoms with Gasteiger partial charge in [-0.15, -0.1) is 5.10 Å². The van der Waals surface area contributed by atoms with Crippen LogP contribution in [0.5, 0.6) is 0 Å². The van der Waals surface area contributed by atoms with Crippen molar-refractivity contribution in [3.63, 3.8) is 0 Å². The van der Waals surface area contributed by atoms with Crippen molar-refractivity contribution < 1.29 is 4.79 Å². The number of para-hydroxylation sites is 1. The number of fused-ring (bicyclic) bond motifs is 1. The van der Waals surface area contributed by atoms with Gasteiger partial charge in [-0.2, -0.15) is 4.98 Å². The fourth-order valence-electron chi connectivity index (χ4n) is 3.92. The standard InChI is InChI=1S/C26H21Cl2N5OS/c1-16-22(24(34)30-20-8-3-2-4-9-20)23(17-11-13-19(27)14-12-17)33-25(29-16)31-26(32-33)35-15-18-7-5-6-10-21(18)28/h2-14,23H,15H2,1H3,(H,30,34)(H,29,31,32). The molecule has 9 heteroatoms. The lowest BCUT2D eigenvalue weighted by Gasteiger charge is -2.28. The van der Waals surface area contributed by atoms with E-state index in [0.717, 1.165) is 11.1 Å². The van der Waals surface area contributed by atoms with E-state index in [1.165, 1.54) is 11.8 Å². The third kappa shape index (κ3) is 5.07. The van der Waals surface area contributed by atoms with E-state index in [0.29, 0.717) is 43.9 Å². The van der Waals surface area contributed by atoms with Gasteiger partial charge in [-0.25, -0.2) is 4.68 Å². The van der Waals surface area contributed by atoms with Gasteiger partial charge < -0.3 is 10.6 Å². The molecule has 176 valence electrons. The Morgan fingerprint density at radius 3 is 2.49 bits per heavy atom. The van der Waals surface area contributed by atoms with Gasteiger partial charge in [0.1, 0.15) is 6.04 Å². The lowest BCUT2D eigenvalue weighted by atomic mass is 9.95. The smallest absolute Gasteiger partial charge is 0.255 e. The molecule has 0 saturated carbocycles. The highest BCUT2D eigenvalue weighted by Gasteiger charge is 2.34. The second-order valence-electron chi connectivity index (χ2n) is 7.98. The van der Waals surface area contributed by atoms with Crippen molar-refractivity contribution in [1.29, 1.82) is 0 Å². The minimum absolute atomic E-state index is 0.215. The van der Waals surface area contributed by atoms with E-state index in [-0.39, 0.29) is 5.91 Å². The van der Waals surface area contributed by atoms with Crippen molar-refractivity contribution in [3.05, 3.63) is 111 Å². The summed E-state index contributed by atoms with van der Waals surface area (Å²) in [6, 6.07) is 24.0. The highest BCUT2D eigenvalue weighted by molar-refractivity contribution is 7.98. The quantitative estimate of drug-likeness (QED) is 0.273. The van der Waals surface area contributed by atoms with Crippen LogP contribution in [0.15, 0.2) is 95.3 Å². The molecule has 1 aliphatic heterocycles. The Balaban J connectivity index is 1.49. The van der Waals surface area contributed by atoms with Gasteiger partial charge in [0.25, 0.3) is 5.91 Å². The summed E-state index contributed by atoms with van der Waals surface area (Å²) in [5, 5.41) is 12.9. The summed E-state index contributed by atoms with van der Waals surface area (Å²) in [6.07, 6.45) is 0. The number of anilines is 2. The van der Waals surface area contributed by atoms with Crippen LogP contribution in [-0.4, -0.2) is 20.7 Å². The number of rotatable bonds is 6. The molecule has 0 bridgehead atoms. The Morgan fingerprint density at radius 2 is 1.74 bits per heavy atom. The van der Waals surface area contributed by atoms with Crippen molar-refractivity contribution in [2.24, 2.45) is 0 Å². The van der Waals surface area contributed by atoms with Crippen LogP contribution in [-0.2, 0) is 10.5 Å². The SMILES string of the molecule is CC1=C(C(=O)Nc2ccccc2)C(c2ccc(Cl)cc2)n2nc(SCc3ccccc3Cl)nc2N1. The zero-order chi connectivity index (χ0) is 24.4. The van der Waals surface area contributed by atoms with Crippen LogP contribution in [0.4, 0.5) is 11.6 Å². The van der Waals surface area contributed by atoms with Crippen molar-refractivity contribution in [1.82, 2.24) is 14.8 Å². The lowest BCUT2D eigenvalue weighted by molar-refractivity contribution is -0.113. The monoisotopic (exact) mass is 521 g/mol. The molecule has 35 heavy (non-hydrogen) atoms. The molecule has 1 amide bonds. The van der Waals surface area contributed by atoms with E-state index >= 15 is 0 Å². The number of thioether (sulfide) groups is 1. The van der Waals surface area contributed by atoms with Crippen molar-refractivity contribution in [2.45, 2.75) is 23.9 Å². The zero-order valence-corrected chi connectivity index (χ0v) is 21.0. The zero-order valence-electron chi connectivity index (χ0n) is 18.7. The number of halogens is 2. The highest BCUT2D eigenvalue weighted by Crippen LogP contribution is 2.37. The van der Waals surface area contributed by atoms with Gasteiger partial charge in [0, 0.05) is 27.2 Å². The maximum Gasteiger partial charge on any atom is 0.255 e. The van der Waals surface area contributed by atoms with Crippen molar-refractivity contribution >= 4 is 52.5 Å². The van der Waals surface area contributed by atoms with E-state index < -0.39 is 6.04 Å². The predicted octanol–water partition coefficient (Wildman–Crippen LogP) is 6.80. The molecule has 0 radical (unpaired) electrons. The minimum Gasteiger partial charge on any atom is -0.328 e. The number of amides is 1. The first-order valence-corrected chi connectivity index (χ1v) is 12.7. The molecule has 4 aromatic rings. The van der Waals surface area contributed by atoms with Crippen LogP contribution in [0.2, 0.25) is 10.0 Å². The lowest BCUT2D eigenvalue weighted by Crippen LogP contribution is -2.31. The van der Waals surface area contributed by atoms with Gasteiger partial charge >= 0.3 is 0 Å². The Morgan fingerprint density at radius 1 is 1.03 bits per heavy atom. The minimum atomic E-state index is -0.477. The van der Waals surface area contributed by atoms with Gasteiger partial charge in [0.15, 0.2) is 0 Å². The normalized spacial score (nSPS) is 14.9. The molecule has 5 rings (SSSR count). The summed E-state index contributed by atoms with van der Waals surface area (Å²) >= 11 is 13.9. The molecule has 1 unspecified atom stereocenters. The third-order valence-electron chi connectivity index (χ3n) is 5.61. The Hall–Kier alpha value is -3.26. The number of nitrogens with one attached hydrogen (secondary N) is 2. The third-order valence-corrected chi connectivity index (χ3v) is 7.12. The molecule has 0 spiro atoms. The average molecular weight is 522 g/mol. The van der Waals surface area contributed by atoms with Crippen molar-refractivity contribution in [3.8, 4) is 0 Å². The van der Waals surface area contributed by atoms with Gasteiger partial charge in [0.2, 0.25) is 11.1 Å². The maximum atomic E-state index is 13.5. The summed E-state index contributed by atoms with van der Waals surface area (Å²) in [7, 11) is 0. The van der Waals surface area contributed by atoms with E-state index in [1.807, 2.05) is 85.8 Å². The van der Waals surface area contributed by atoms with Crippen LogP contribution in [0, 0.1) is 0 Å². The number of aromatic nitrogens is 3. The van der Waals surface area contributed by atoms with Crippen LogP contribution in [0.25, 0.3) is 0 Å². The molecule has 1 aliphatic rings. The van der Waals surface area contributed by atoms with Crippen LogP contribution >= 0.6 is 35.0 Å². The summed E-state index contributed by atoms with van der Waals surface area (Å²) in [5.74, 6) is 0.982. The van der Waals surface area contributed by atoms with Gasteiger partial charge in [-0.3, -0.25) is 4.79 Å². The largest absolute Gasteiger partial charge is 0.328 e. The molecule has 0 aliphatic carbocycles. The average Bonchev–Trinajstić information content (AvgIpc) is 3.26. The Labute approximate surface area is 217 Å². The maximum absolute atomic E-state index is 13.5. The Bertz CT molecular complexity index is 1400. The number of hydrogen-bond acceptors (Lipinski definition) is 5. The number of carbonyl (C=O) groups is 1. The number of benzene rings is 3. The van der Waals surface area contributed by atoms with E-state index in [1.54, 1.807) is 4.68 Å². The molecule has 3 aromatic carbocycles. The molecule has 0 saturated heterocycles. The second-order valence-corrected chi connectivity index (χ2v) is 9.77. The molecule has 2 heterocycles. The topological polar surface area (TPSA) is 71.8 Å². The fraction of sp³-hybridized carbons (Fsp3) is 0.115. The van der Waals surface area contributed by atoms with E-state index in [9.17, 15) is 4.79 Å². The van der Waals surface area contributed by atoms with Crippen LogP contribution < -0.4 is 10.6 Å². The van der Waals surface area contributed by atoms with Crippen LogP contribution in [0.3, 0.4) is 0 Å². The first kappa shape index (κ1) is 23.5. The van der Waals surface area contributed by atoms with Crippen LogP contribution in [0.1, 0.15) is 24.1 Å². The van der Waals surface area contributed by atoms with E-state index in [2.05, 4.69) is 15.6 Å². The molecular weight excluding hydrogens is 501 g/mol. The molecule has 1 atom stereocenters. The number of nitrogens with zero attached hydrogens (tertiary/aromatic N) is 3. The number of allylic oxidation sites excluding steroid dienone is 1. The molecule has 6 nitrogen and oxygen atoms in total. The summed E-state index contributed by atoms with van der Waals surface area (Å²) in [6.45, 7) is 1.87. The number of hydrogen-bond donors (Lipinski definition) is 2. The molecule has 0 fully saturated rings. The van der Waals surface area contributed by atoms with Gasteiger partial charge in [0.05, 0.1) is 5.57 Å². The molecule has 1 aromatic heterocycles. The molecule has 2 N–H and O–H groups in total. The fourth-order valence-corrected chi connectivity index (χ4v) is 5.16. The highest BCUT2D eigenvalue weighted by atomic mass is 35.5. The van der Waals surface area contributed by atoms with Crippen molar-refractivity contribution in [2.75, 3.05) is 10.6 Å². The summed E-state index contributed by atoms with van der Waals surface area (Å²) in [4.78, 5) is 18.2. The van der Waals surface area contributed by atoms with E-state index in [4.69, 9.17) is 28.3 Å². The first-order valence-electron chi connectivity index (χ1n) is 10.9. The summed E-state index contributed by atoms with van der Waals surface area (Å²) < 4.78 is 1.76. The molecular formula is C26H21Cl2N5OS. The summed E-state index contributed by atoms with van der Waals surface area (Å²) in [5.41, 5.74) is 3.86.